The maximum Gasteiger partial charge on any atom is 0.433 e. The third kappa shape index (κ3) is 2.59. The van der Waals surface area contributed by atoms with Gasteiger partial charge >= 0.3 is 6.18 Å². The molecule has 0 fully saturated rings. The Morgan fingerprint density at radius 3 is 2.50 bits per heavy atom. The van der Waals surface area contributed by atoms with Crippen molar-refractivity contribution < 1.29 is 17.6 Å². The highest BCUT2D eigenvalue weighted by molar-refractivity contribution is 9.10. The molecular weight excluding hydrogens is 340 g/mol. The molecule has 0 radical (unpaired) electrons. The number of aryl methyl sites for hydroxylation is 1. The zero-order valence-electron chi connectivity index (χ0n) is 10.7. The van der Waals surface area contributed by atoms with E-state index in [9.17, 15) is 17.6 Å². The van der Waals surface area contributed by atoms with E-state index in [4.69, 9.17) is 0 Å². The first-order valence-corrected chi connectivity index (χ1v) is 6.65. The standard InChI is InChI=1S/C13H11BrF4N2/c1-3-19-8-5-9(13(16,17)18)20-12-6(2)4-7(14)11(15)10(8)12/h4-5H,3H2,1-2H3,(H,19,20). The zero-order chi connectivity index (χ0) is 15.1. The van der Waals surface area contributed by atoms with Crippen LogP contribution in [0.25, 0.3) is 10.9 Å². The van der Waals surface area contributed by atoms with E-state index in [1.807, 2.05) is 0 Å². The summed E-state index contributed by atoms with van der Waals surface area (Å²) in [4.78, 5) is 3.57. The summed E-state index contributed by atoms with van der Waals surface area (Å²) >= 11 is 3.06. The maximum atomic E-state index is 14.2. The van der Waals surface area contributed by atoms with Crippen LogP contribution in [0.15, 0.2) is 16.6 Å². The molecule has 1 aromatic heterocycles. The van der Waals surface area contributed by atoms with Crippen molar-refractivity contribution in [2.75, 3.05) is 11.9 Å². The van der Waals surface area contributed by atoms with Crippen molar-refractivity contribution in [2.24, 2.45) is 0 Å². The van der Waals surface area contributed by atoms with Gasteiger partial charge in [-0.3, -0.25) is 0 Å². The van der Waals surface area contributed by atoms with Crippen molar-refractivity contribution in [3.05, 3.63) is 33.7 Å². The lowest BCUT2D eigenvalue weighted by atomic mass is 10.1. The van der Waals surface area contributed by atoms with Gasteiger partial charge in [0.25, 0.3) is 0 Å². The highest BCUT2D eigenvalue weighted by Crippen LogP contribution is 2.37. The second kappa shape index (κ2) is 5.20. The highest BCUT2D eigenvalue weighted by Gasteiger charge is 2.34. The summed E-state index contributed by atoms with van der Waals surface area (Å²) < 4.78 is 52.9. The van der Waals surface area contributed by atoms with Gasteiger partial charge < -0.3 is 5.32 Å². The Morgan fingerprint density at radius 2 is 1.95 bits per heavy atom. The summed E-state index contributed by atoms with van der Waals surface area (Å²) in [5.74, 6) is -0.622. The van der Waals surface area contributed by atoms with E-state index in [2.05, 4.69) is 26.2 Å². The molecule has 0 unspecified atom stereocenters. The molecule has 0 aliphatic rings. The smallest absolute Gasteiger partial charge is 0.385 e. The number of benzene rings is 1. The molecule has 2 rings (SSSR count). The van der Waals surface area contributed by atoms with Gasteiger partial charge in [-0.2, -0.15) is 13.2 Å². The summed E-state index contributed by atoms with van der Waals surface area (Å²) in [5.41, 5.74) is -0.465. The normalized spacial score (nSPS) is 11.9. The molecule has 20 heavy (non-hydrogen) atoms. The lowest BCUT2D eigenvalue weighted by Crippen LogP contribution is -2.11. The number of hydrogen-bond acceptors (Lipinski definition) is 2. The average molecular weight is 351 g/mol. The number of rotatable bonds is 2. The predicted molar refractivity (Wildman–Crippen MR) is 73.3 cm³/mol. The highest BCUT2D eigenvalue weighted by atomic mass is 79.9. The van der Waals surface area contributed by atoms with Crippen LogP contribution in [-0.4, -0.2) is 11.5 Å². The first-order valence-electron chi connectivity index (χ1n) is 5.86. The summed E-state index contributed by atoms with van der Waals surface area (Å²) in [5, 5.41) is 2.82. The quantitative estimate of drug-likeness (QED) is 0.779. The van der Waals surface area contributed by atoms with Crippen LogP contribution in [0.1, 0.15) is 18.2 Å². The van der Waals surface area contributed by atoms with Crippen molar-refractivity contribution >= 4 is 32.5 Å². The van der Waals surface area contributed by atoms with Gasteiger partial charge in [0.1, 0.15) is 11.5 Å². The number of fused-ring (bicyclic) bond motifs is 1. The average Bonchev–Trinajstić information content (AvgIpc) is 2.34. The minimum Gasteiger partial charge on any atom is -0.385 e. The molecule has 0 amide bonds. The predicted octanol–water partition coefficient (Wildman–Crippen LogP) is 4.90. The SMILES string of the molecule is CCNc1cc(C(F)(F)F)nc2c(C)cc(Br)c(F)c12. The van der Waals surface area contributed by atoms with E-state index < -0.39 is 17.7 Å². The van der Waals surface area contributed by atoms with Gasteiger partial charge in [0.05, 0.1) is 15.4 Å². The number of halogens is 5. The van der Waals surface area contributed by atoms with Gasteiger partial charge in [0, 0.05) is 12.2 Å². The summed E-state index contributed by atoms with van der Waals surface area (Å²) in [6, 6.07) is 2.25. The molecule has 1 N–H and O–H groups in total. The molecule has 108 valence electrons. The summed E-state index contributed by atoms with van der Waals surface area (Å²) in [6.07, 6.45) is -4.58. The van der Waals surface area contributed by atoms with Crippen LogP contribution in [0.4, 0.5) is 23.2 Å². The Kier molecular flexibility index (Phi) is 3.90. The second-order valence-electron chi connectivity index (χ2n) is 4.30. The van der Waals surface area contributed by atoms with Crippen molar-refractivity contribution in [1.29, 1.82) is 0 Å². The first kappa shape index (κ1) is 15.0. The topological polar surface area (TPSA) is 24.9 Å². The van der Waals surface area contributed by atoms with Crippen LogP contribution < -0.4 is 5.32 Å². The molecule has 1 aromatic carbocycles. The van der Waals surface area contributed by atoms with Crippen LogP contribution >= 0.6 is 15.9 Å². The van der Waals surface area contributed by atoms with E-state index >= 15 is 0 Å². The molecule has 0 bridgehead atoms. The zero-order valence-corrected chi connectivity index (χ0v) is 12.3. The Morgan fingerprint density at radius 1 is 1.30 bits per heavy atom. The number of nitrogens with one attached hydrogen (secondary N) is 1. The molecular formula is C13H11BrF4N2. The third-order valence-corrected chi connectivity index (χ3v) is 3.40. The largest absolute Gasteiger partial charge is 0.433 e. The molecule has 0 saturated heterocycles. The molecule has 1 heterocycles. The van der Waals surface area contributed by atoms with Crippen molar-refractivity contribution in [2.45, 2.75) is 20.0 Å². The lowest BCUT2D eigenvalue weighted by molar-refractivity contribution is -0.140. The van der Waals surface area contributed by atoms with Crippen molar-refractivity contribution in [1.82, 2.24) is 4.98 Å². The van der Waals surface area contributed by atoms with Gasteiger partial charge in [-0.1, -0.05) is 0 Å². The molecule has 0 atom stereocenters. The van der Waals surface area contributed by atoms with E-state index in [1.165, 1.54) is 6.07 Å². The van der Waals surface area contributed by atoms with Gasteiger partial charge in [0.2, 0.25) is 0 Å². The van der Waals surface area contributed by atoms with Crippen LogP contribution in [-0.2, 0) is 6.18 Å². The van der Waals surface area contributed by atoms with E-state index in [1.54, 1.807) is 13.8 Å². The third-order valence-electron chi connectivity index (χ3n) is 2.82. The molecule has 0 aliphatic heterocycles. The molecule has 0 spiro atoms. The molecule has 2 aromatic rings. The van der Waals surface area contributed by atoms with Gasteiger partial charge in [-0.05, 0) is 47.5 Å². The Hall–Kier alpha value is -1.37. The summed E-state index contributed by atoms with van der Waals surface area (Å²) in [7, 11) is 0. The Bertz CT molecular complexity index is 668. The van der Waals surface area contributed by atoms with Crippen molar-refractivity contribution in [3.8, 4) is 0 Å². The summed E-state index contributed by atoms with van der Waals surface area (Å²) in [6.45, 7) is 3.69. The molecule has 2 nitrogen and oxygen atoms in total. The van der Waals surface area contributed by atoms with Crippen LogP contribution in [0.5, 0.6) is 0 Å². The van der Waals surface area contributed by atoms with E-state index in [0.29, 0.717) is 12.1 Å². The minimum atomic E-state index is -4.58. The Labute approximate surface area is 121 Å². The van der Waals surface area contributed by atoms with Crippen LogP contribution in [0.2, 0.25) is 0 Å². The molecule has 0 aliphatic carbocycles. The number of anilines is 1. The van der Waals surface area contributed by atoms with Crippen LogP contribution in [0.3, 0.4) is 0 Å². The van der Waals surface area contributed by atoms with E-state index in [0.717, 1.165) is 6.07 Å². The number of aromatic nitrogens is 1. The number of pyridine rings is 1. The lowest BCUT2D eigenvalue weighted by Gasteiger charge is -2.15. The monoisotopic (exact) mass is 350 g/mol. The number of nitrogens with zero attached hydrogens (tertiary/aromatic N) is 1. The molecule has 0 saturated carbocycles. The molecule has 7 heteroatoms. The fourth-order valence-corrected chi connectivity index (χ4v) is 2.51. The van der Waals surface area contributed by atoms with Crippen LogP contribution in [0, 0.1) is 12.7 Å². The van der Waals surface area contributed by atoms with Gasteiger partial charge in [-0.25, -0.2) is 9.37 Å². The number of hydrogen-bond donors (Lipinski definition) is 1. The Balaban J connectivity index is 2.89. The minimum absolute atomic E-state index is 0.0106. The van der Waals surface area contributed by atoms with Gasteiger partial charge in [0.15, 0.2) is 0 Å². The van der Waals surface area contributed by atoms with Gasteiger partial charge in [-0.15, -0.1) is 0 Å². The van der Waals surface area contributed by atoms with E-state index in [-0.39, 0.29) is 21.1 Å². The van der Waals surface area contributed by atoms with Crippen molar-refractivity contribution in [3.63, 3.8) is 0 Å². The second-order valence-corrected chi connectivity index (χ2v) is 5.15. The fourth-order valence-electron chi connectivity index (χ4n) is 1.97. The maximum absolute atomic E-state index is 14.2. The first-order chi connectivity index (χ1) is 9.25. The fraction of sp³-hybridized carbons (Fsp3) is 0.308. The number of alkyl halides is 3.